The third-order valence-corrected chi connectivity index (χ3v) is 3.13. The summed E-state index contributed by atoms with van der Waals surface area (Å²) < 4.78 is 0. The number of nitrogens with zero attached hydrogens (tertiary/aromatic N) is 1. The molecule has 6 nitrogen and oxygen atoms in total. The van der Waals surface area contributed by atoms with Gasteiger partial charge in [0, 0.05) is 18.2 Å². The molecule has 0 unspecified atom stereocenters. The Hall–Kier alpha value is -2.47. The van der Waals surface area contributed by atoms with E-state index in [9.17, 15) is 20.0 Å². The topological polar surface area (TPSA) is 101 Å². The van der Waals surface area contributed by atoms with Crippen LogP contribution in [0.5, 0.6) is 0 Å². The molecule has 0 atom stereocenters. The highest BCUT2D eigenvalue weighted by Crippen LogP contribution is 2.32. The van der Waals surface area contributed by atoms with Crippen molar-refractivity contribution in [2.24, 2.45) is 0 Å². The molecule has 0 amide bonds. The zero-order chi connectivity index (χ0) is 14.7. The first-order valence-electron chi connectivity index (χ1n) is 6.09. The number of aromatic carboxylic acids is 1. The van der Waals surface area contributed by atoms with Crippen LogP contribution in [0, 0.1) is 10.1 Å². The smallest absolute Gasteiger partial charge is 0.336 e. The predicted molar refractivity (Wildman–Crippen MR) is 73.0 cm³/mol. The molecule has 0 aliphatic carbocycles. The maximum absolute atomic E-state index is 11.5. The fraction of sp³-hybridized carbons (Fsp3) is 0.214. The highest BCUT2D eigenvalue weighted by atomic mass is 16.6. The molecule has 0 saturated carbocycles. The number of aliphatic hydroxyl groups excluding tert-OH is 1. The van der Waals surface area contributed by atoms with Crippen molar-refractivity contribution in [1.82, 2.24) is 0 Å². The second-order valence-electron chi connectivity index (χ2n) is 4.36. The summed E-state index contributed by atoms with van der Waals surface area (Å²) in [4.78, 5) is 22.1. The van der Waals surface area contributed by atoms with Gasteiger partial charge in [-0.05, 0) is 23.6 Å². The first-order valence-corrected chi connectivity index (χ1v) is 6.09. The maximum Gasteiger partial charge on any atom is 0.336 e. The van der Waals surface area contributed by atoms with Crippen LogP contribution in [0.15, 0.2) is 30.3 Å². The van der Waals surface area contributed by atoms with E-state index >= 15 is 0 Å². The number of rotatable bonds is 5. The summed E-state index contributed by atoms with van der Waals surface area (Å²) in [6.45, 7) is -0.150. The molecule has 2 rings (SSSR count). The van der Waals surface area contributed by atoms with Gasteiger partial charge < -0.3 is 10.2 Å². The van der Waals surface area contributed by atoms with Crippen LogP contribution in [0.3, 0.4) is 0 Å². The Morgan fingerprint density at radius 3 is 2.60 bits per heavy atom. The van der Waals surface area contributed by atoms with Crippen LogP contribution in [0.25, 0.3) is 10.8 Å². The molecular formula is C14H13NO5. The van der Waals surface area contributed by atoms with Gasteiger partial charge in [-0.1, -0.05) is 24.3 Å². The van der Waals surface area contributed by atoms with E-state index in [-0.39, 0.29) is 36.3 Å². The Morgan fingerprint density at radius 2 is 2.00 bits per heavy atom. The normalized spacial score (nSPS) is 10.7. The Labute approximate surface area is 114 Å². The summed E-state index contributed by atoms with van der Waals surface area (Å²) in [5.41, 5.74) is -0.104. The molecule has 2 aromatic carbocycles. The van der Waals surface area contributed by atoms with Crippen LogP contribution in [-0.2, 0) is 6.42 Å². The molecule has 0 aliphatic heterocycles. The Balaban J connectivity index is 2.81. The number of carbonyl (C=O) groups is 1. The van der Waals surface area contributed by atoms with Gasteiger partial charge in [-0.25, -0.2) is 4.79 Å². The van der Waals surface area contributed by atoms with Crippen LogP contribution in [0.2, 0.25) is 0 Å². The van der Waals surface area contributed by atoms with Gasteiger partial charge in [0.1, 0.15) is 0 Å². The molecular weight excluding hydrogens is 262 g/mol. The molecule has 0 radical (unpaired) electrons. The van der Waals surface area contributed by atoms with Crippen molar-refractivity contribution < 1.29 is 19.9 Å². The predicted octanol–water partition coefficient (Wildman–Crippen LogP) is 2.37. The van der Waals surface area contributed by atoms with E-state index < -0.39 is 10.9 Å². The zero-order valence-corrected chi connectivity index (χ0v) is 10.6. The maximum atomic E-state index is 11.5. The summed E-state index contributed by atoms with van der Waals surface area (Å²) in [7, 11) is 0. The lowest BCUT2D eigenvalue weighted by Crippen LogP contribution is -2.08. The highest BCUT2D eigenvalue weighted by Gasteiger charge is 2.24. The number of nitro groups is 1. The zero-order valence-electron chi connectivity index (χ0n) is 10.6. The van der Waals surface area contributed by atoms with Crippen LogP contribution < -0.4 is 0 Å². The number of aliphatic hydroxyl groups is 1. The number of hydrogen-bond donors (Lipinski definition) is 2. The van der Waals surface area contributed by atoms with Gasteiger partial charge >= 0.3 is 5.97 Å². The molecule has 0 spiro atoms. The van der Waals surface area contributed by atoms with Crippen molar-refractivity contribution in [1.29, 1.82) is 0 Å². The summed E-state index contributed by atoms with van der Waals surface area (Å²) in [5, 5.41) is 30.4. The highest BCUT2D eigenvalue weighted by molar-refractivity contribution is 6.06. The Bertz CT molecular complexity index is 681. The number of benzene rings is 2. The van der Waals surface area contributed by atoms with E-state index in [0.29, 0.717) is 10.8 Å². The molecule has 104 valence electrons. The number of carboxylic acids is 1. The van der Waals surface area contributed by atoms with E-state index in [1.165, 1.54) is 6.07 Å². The molecule has 0 bridgehead atoms. The molecule has 2 N–H and O–H groups in total. The van der Waals surface area contributed by atoms with E-state index in [1.807, 2.05) is 0 Å². The molecule has 0 aliphatic rings. The second-order valence-corrected chi connectivity index (χ2v) is 4.36. The minimum atomic E-state index is -1.20. The lowest BCUT2D eigenvalue weighted by molar-refractivity contribution is -0.385. The minimum Gasteiger partial charge on any atom is -0.478 e. The molecule has 0 aromatic heterocycles. The average molecular weight is 275 g/mol. The van der Waals surface area contributed by atoms with Gasteiger partial charge in [-0.3, -0.25) is 10.1 Å². The fourth-order valence-corrected chi connectivity index (χ4v) is 2.29. The molecule has 0 fully saturated rings. The van der Waals surface area contributed by atoms with Crippen LogP contribution in [0.4, 0.5) is 5.69 Å². The number of hydrogen-bond acceptors (Lipinski definition) is 4. The van der Waals surface area contributed by atoms with E-state index in [0.717, 1.165) is 0 Å². The SMILES string of the molecule is O=C(O)c1c(CCCO)c([N+](=O)[O-])cc2ccccc12. The van der Waals surface area contributed by atoms with E-state index in [2.05, 4.69) is 0 Å². The van der Waals surface area contributed by atoms with Crippen LogP contribution >= 0.6 is 0 Å². The summed E-state index contributed by atoms with van der Waals surface area (Å²) in [5.74, 6) is -1.20. The van der Waals surface area contributed by atoms with Crippen molar-refractivity contribution >= 4 is 22.4 Å². The first-order chi connectivity index (χ1) is 9.56. The Kier molecular flexibility index (Phi) is 3.95. The largest absolute Gasteiger partial charge is 0.478 e. The van der Waals surface area contributed by atoms with Gasteiger partial charge in [0.15, 0.2) is 0 Å². The van der Waals surface area contributed by atoms with Gasteiger partial charge in [-0.15, -0.1) is 0 Å². The average Bonchev–Trinajstić information content (AvgIpc) is 2.42. The monoisotopic (exact) mass is 275 g/mol. The standard InChI is InChI=1S/C14H13NO5/c16-7-3-6-11-12(15(19)20)8-9-4-1-2-5-10(9)13(11)14(17)18/h1-2,4-5,8,16H,3,6-7H2,(H,17,18). The van der Waals surface area contributed by atoms with Gasteiger partial charge in [0.25, 0.3) is 5.69 Å². The number of fused-ring (bicyclic) bond motifs is 1. The quantitative estimate of drug-likeness (QED) is 0.644. The lowest BCUT2D eigenvalue weighted by atomic mass is 9.94. The van der Waals surface area contributed by atoms with Crippen molar-refractivity contribution in [2.75, 3.05) is 6.61 Å². The molecule has 6 heteroatoms. The third-order valence-electron chi connectivity index (χ3n) is 3.13. The fourth-order valence-electron chi connectivity index (χ4n) is 2.29. The van der Waals surface area contributed by atoms with Crippen molar-refractivity contribution in [2.45, 2.75) is 12.8 Å². The Morgan fingerprint density at radius 1 is 1.30 bits per heavy atom. The second kappa shape index (κ2) is 5.66. The molecule has 0 saturated heterocycles. The molecule has 0 heterocycles. The summed E-state index contributed by atoms with van der Waals surface area (Å²) >= 11 is 0. The minimum absolute atomic E-state index is 0.0525. The number of carboxylic acid groups (broad SMARTS) is 1. The first kappa shape index (κ1) is 14.0. The van der Waals surface area contributed by atoms with Crippen LogP contribution in [0.1, 0.15) is 22.3 Å². The van der Waals surface area contributed by atoms with E-state index in [1.54, 1.807) is 24.3 Å². The molecule has 20 heavy (non-hydrogen) atoms. The van der Waals surface area contributed by atoms with Gasteiger partial charge in [0.2, 0.25) is 0 Å². The summed E-state index contributed by atoms with van der Waals surface area (Å²) in [6.07, 6.45) is 0.429. The van der Waals surface area contributed by atoms with E-state index in [4.69, 9.17) is 5.11 Å². The van der Waals surface area contributed by atoms with Gasteiger partial charge in [-0.2, -0.15) is 0 Å². The van der Waals surface area contributed by atoms with Crippen LogP contribution in [-0.4, -0.2) is 27.7 Å². The lowest BCUT2D eigenvalue weighted by Gasteiger charge is -2.10. The number of nitro benzene ring substituents is 1. The van der Waals surface area contributed by atoms with Crippen molar-refractivity contribution in [3.05, 3.63) is 51.6 Å². The van der Waals surface area contributed by atoms with Crippen molar-refractivity contribution in [3.8, 4) is 0 Å². The molecule has 2 aromatic rings. The summed E-state index contributed by atoms with van der Waals surface area (Å²) in [6, 6.07) is 8.05. The van der Waals surface area contributed by atoms with Gasteiger partial charge in [0.05, 0.1) is 10.5 Å². The third kappa shape index (κ3) is 2.46. The van der Waals surface area contributed by atoms with Crippen molar-refractivity contribution in [3.63, 3.8) is 0 Å².